The van der Waals surface area contributed by atoms with Crippen molar-refractivity contribution >= 4 is 22.5 Å². The molecule has 4 heteroatoms. The second-order valence-electron chi connectivity index (χ2n) is 9.04. The molecular formula is C26H27FN2O. The number of nitrogens with one attached hydrogen (secondary N) is 1. The normalized spacial score (nSPS) is 25.8. The van der Waals surface area contributed by atoms with Crippen LogP contribution in [-0.4, -0.2) is 10.9 Å². The third kappa shape index (κ3) is 3.60. The molecular weight excluding hydrogens is 375 g/mol. The molecule has 1 N–H and O–H groups in total. The van der Waals surface area contributed by atoms with E-state index in [-0.39, 0.29) is 17.6 Å². The van der Waals surface area contributed by atoms with E-state index in [1.165, 1.54) is 17.2 Å². The molecule has 0 saturated heterocycles. The quantitative estimate of drug-likeness (QED) is 0.564. The summed E-state index contributed by atoms with van der Waals surface area (Å²) in [6, 6.07) is 15.0. The fourth-order valence-corrected chi connectivity index (χ4v) is 5.70. The van der Waals surface area contributed by atoms with Crippen LogP contribution in [0.2, 0.25) is 0 Å². The molecule has 2 aliphatic rings. The Balaban J connectivity index is 1.32. The zero-order valence-electron chi connectivity index (χ0n) is 17.3. The highest BCUT2D eigenvalue weighted by Crippen LogP contribution is 2.51. The molecule has 1 heterocycles. The van der Waals surface area contributed by atoms with Crippen LogP contribution in [0.25, 0.3) is 10.9 Å². The Labute approximate surface area is 176 Å². The third-order valence-corrected chi connectivity index (χ3v) is 7.23. The van der Waals surface area contributed by atoms with E-state index in [4.69, 9.17) is 0 Å². The first-order valence-electron chi connectivity index (χ1n) is 11.0. The maximum Gasteiger partial charge on any atom is 0.227 e. The zero-order chi connectivity index (χ0) is 20.7. The Hall–Kier alpha value is -2.75. The molecule has 3 nitrogen and oxygen atoms in total. The molecule has 0 spiro atoms. The van der Waals surface area contributed by atoms with Crippen LogP contribution < -0.4 is 5.32 Å². The number of aryl methyl sites for hydroxylation is 1. The number of carbonyl (C=O) groups excluding carboxylic acids is 1. The minimum Gasteiger partial charge on any atom is -0.326 e. The van der Waals surface area contributed by atoms with Crippen molar-refractivity contribution in [2.75, 3.05) is 5.32 Å². The molecule has 2 aliphatic carbocycles. The van der Waals surface area contributed by atoms with Gasteiger partial charge in [-0.2, -0.15) is 0 Å². The number of pyridine rings is 1. The number of hydrogen-bond donors (Lipinski definition) is 1. The summed E-state index contributed by atoms with van der Waals surface area (Å²) < 4.78 is 13.9. The Morgan fingerprint density at radius 1 is 1.00 bits per heavy atom. The molecule has 2 fully saturated rings. The van der Waals surface area contributed by atoms with E-state index in [1.807, 2.05) is 37.4 Å². The molecule has 0 aliphatic heterocycles. The van der Waals surface area contributed by atoms with E-state index in [9.17, 15) is 9.18 Å². The number of hydrogen-bond acceptors (Lipinski definition) is 2. The summed E-state index contributed by atoms with van der Waals surface area (Å²) in [5.74, 6) is 1.47. The number of rotatable bonds is 3. The SMILES string of the molecule is Cc1ccc(NC(=O)[C@@H]2CC[C@H]3C[C@@H]2CC[C@H]3c2ccnc3ccc(F)cc23)cc1. The second kappa shape index (κ2) is 7.82. The van der Waals surface area contributed by atoms with Crippen molar-refractivity contribution < 1.29 is 9.18 Å². The maximum absolute atomic E-state index is 13.9. The number of amides is 1. The lowest BCUT2D eigenvalue weighted by Crippen LogP contribution is -2.39. The van der Waals surface area contributed by atoms with E-state index in [1.54, 1.807) is 12.1 Å². The van der Waals surface area contributed by atoms with Gasteiger partial charge in [0.1, 0.15) is 5.82 Å². The van der Waals surface area contributed by atoms with Crippen LogP contribution in [0.1, 0.15) is 49.1 Å². The highest BCUT2D eigenvalue weighted by atomic mass is 19.1. The maximum atomic E-state index is 13.9. The number of carbonyl (C=O) groups is 1. The number of nitrogens with zero attached hydrogens (tertiary/aromatic N) is 1. The van der Waals surface area contributed by atoms with Gasteiger partial charge in [-0.1, -0.05) is 17.7 Å². The largest absolute Gasteiger partial charge is 0.326 e. The summed E-state index contributed by atoms with van der Waals surface area (Å²) in [7, 11) is 0. The second-order valence-corrected chi connectivity index (χ2v) is 9.04. The molecule has 30 heavy (non-hydrogen) atoms. The van der Waals surface area contributed by atoms with Gasteiger partial charge in [0.2, 0.25) is 5.91 Å². The first kappa shape index (κ1) is 19.2. The van der Waals surface area contributed by atoms with E-state index in [0.29, 0.717) is 17.8 Å². The van der Waals surface area contributed by atoms with Crippen LogP contribution in [0.4, 0.5) is 10.1 Å². The van der Waals surface area contributed by atoms with Gasteiger partial charge in [0.25, 0.3) is 0 Å². The lowest BCUT2D eigenvalue weighted by Gasteiger charge is -2.44. The van der Waals surface area contributed by atoms with Gasteiger partial charge in [-0.25, -0.2) is 4.39 Å². The fourth-order valence-electron chi connectivity index (χ4n) is 5.70. The van der Waals surface area contributed by atoms with E-state index >= 15 is 0 Å². The van der Waals surface area contributed by atoms with E-state index in [2.05, 4.69) is 16.4 Å². The average molecular weight is 403 g/mol. The molecule has 0 unspecified atom stereocenters. The van der Waals surface area contributed by atoms with Crippen LogP contribution in [0, 0.1) is 30.5 Å². The van der Waals surface area contributed by atoms with Crippen molar-refractivity contribution in [2.45, 2.75) is 44.9 Å². The molecule has 2 saturated carbocycles. The van der Waals surface area contributed by atoms with Crippen molar-refractivity contribution in [2.24, 2.45) is 17.8 Å². The van der Waals surface area contributed by atoms with Crippen LogP contribution in [0.15, 0.2) is 54.7 Å². The van der Waals surface area contributed by atoms with Gasteiger partial charge in [0, 0.05) is 23.2 Å². The van der Waals surface area contributed by atoms with Gasteiger partial charge >= 0.3 is 0 Å². The van der Waals surface area contributed by atoms with Gasteiger partial charge in [0.15, 0.2) is 0 Å². The predicted octanol–water partition coefficient (Wildman–Crippen LogP) is 6.23. The number of aromatic nitrogens is 1. The first-order valence-corrected chi connectivity index (χ1v) is 11.0. The van der Waals surface area contributed by atoms with Crippen LogP contribution in [-0.2, 0) is 4.79 Å². The van der Waals surface area contributed by atoms with Crippen molar-refractivity contribution in [3.05, 3.63) is 71.7 Å². The summed E-state index contributed by atoms with van der Waals surface area (Å²) in [6.45, 7) is 2.05. The minimum atomic E-state index is -0.207. The lowest BCUT2D eigenvalue weighted by atomic mass is 9.61. The first-order chi connectivity index (χ1) is 14.6. The van der Waals surface area contributed by atoms with Gasteiger partial charge < -0.3 is 5.32 Å². The third-order valence-electron chi connectivity index (χ3n) is 7.23. The van der Waals surface area contributed by atoms with E-state index in [0.717, 1.165) is 48.7 Å². The van der Waals surface area contributed by atoms with Crippen molar-refractivity contribution in [1.29, 1.82) is 0 Å². The number of benzene rings is 2. The molecule has 1 amide bonds. The molecule has 154 valence electrons. The van der Waals surface area contributed by atoms with Crippen molar-refractivity contribution in [1.82, 2.24) is 4.98 Å². The minimum absolute atomic E-state index is 0.0927. The number of halogens is 1. The van der Waals surface area contributed by atoms with Gasteiger partial charge in [-0.3, -0.25) is 9.78 Å². The summed E-state index contributed by atoms with van der Waals surface area (Å²) in [5, 5.41) is 4.07. The number of fused-ring (bicyclic) bond motifs is 3. The van der Waals surface area contributed by atoms with Gasteiger partial charge in [-0.05, 0) is 98.7 Å². The molecule has 5 rings (SSSR count). The predicted molar refractivity (Wildman–Crippen MR) is 118 cm³/mol. The smallest absolute Gasteiger partial charge is 0.227 e. The Morgan fingerprint density at radius 3 is 2.63 bits per heavy atom. The Morgan fingerprint density at radius 2 is 1.80 bits per heavy atom. The fraction of sp³-hybridized carbons (Fsp3) is 0.385. The summed E-state index contributed by atoms with van der Waals surface area (Å²) >= 11 is 0. The number of anilines is 1. The van der Waals surface area contributed by atoms with Crippen molar-refractivity contribution in [3.8, 4) is 0 Å². The summed E-state index contributed by atoms with van der Waals surface area (Å²) in [4.78, 5) is 17.4. The topological polar surface area (TPSA) is 42.0 Å². The molecule has 2 aromatic carbocycles. The molecule has 0 radical (unpaired) electrons. The standard InChI is InChI=1S/C26H27FN2O/c1-16-2-7-20(8-3-16)29-26(30)22-10-5-17-14-18(22)4-9-21(17)23-12-13-28-25-11-6-19(27)15-24(23)25/h2-3,6-8,11-13,15,17-18,21-22H,4-5,9-10,14H2,1H3,(H,29,30)/t17-,18-,21+,22+/m0/s1. The van der Waals surface area contributed by atoms with E-state index < -0.39 is 0 Å². The van der Waals surface area contributed by atoms with Crippen LogP contribution in [0.3, 0.4) is 0 Å². The summed E-state index contributed by atoms with van der Waals surface area (Å²) in [6.07, 6.45) is 7.01. The molecule has 2 bridgehead atoms. The van der Waals surface area contributed by atoms with Crippen LogP contribution in [0.5, 0.6) is 0 Å². The van der Waals surface area contributed by atoms with Crippen LogP contribution >= 0.6 is 0 Å². The highest BCUT2D eigenvalue weighted by molar-refractivity contribution is 5.92. The highest BCUT2D eigenvalue weighted by Gasteiger charge is 2.42. The molecule has 1 aromatic heterocycles. The Kier molecular flexibility index (Phi) is 5.01. The van der Waals surface area contributed by atoms with Gasteiger partial charge in [0.05, 0.1) is 5.52 Å². The molecule has 4 atom stereocenters. The summed E-state index contributed by atoms with van der Waals surface area (Å²) in [5.41, 5.74) is 4.16. The lowest BCUT2D eigenvalue weighted by molar-refractivity contribution is -0.123. The van der Waals surface area contributed by atoms with Gasteiger partial charge in [-0.15, -0.1) is 0 Å². The van der Waals surface area contributed by atoms with Crippen molar-refractivity contribution in [3.63, 3.8) is 0 Å². The molecule has 3 aromatic rings. The zero-order valence-corrected chi connectivity index (χ0v) is 17.3. The average Bonchev–Trinajstić information content (AvgIpc) is 2.75. The Bertz CT molecular complexity index is 1080. The monoisotopic (exact) mass is 402 g/mol.